The largest absolute Gasteiger partial charge is 0.497 e. The molecule has 0 radical (unpaired) electrons. The third kappa shape index (κ3) is 4.39. The lowest BCUT2D eigenvalue weighted by Gasteiger charge is -2.18. The molecule has 0 saturated carbocycles. The van der Waals surface area contributed by atoms with Gasteiger partial charge in [0.2, 0.25) is 11.8 Å². The molecule has 2 heterocycles. The summed E-state index contributed by atoms with van der Waals surface area (Å²) < 4.78 is 10.5. The van der Waals surface area contributed by atoms with Crippen molar-refractivity contribution in [3.05, 3.63) is 76.4 Å². The summed E-state index contributed by atoms with van der Waals surface area (Å²) in [5.41, 5.74) is 3.17. The average molecular weight is 433 g/mol. The number of carbonyl (C=O) groups excluding carboxylic acids is 2. The number of hydrogen-bond acceptors (Lipinski definition) is 7. The third-order valence-electron chi connectivity index (χ3n) is 4.55. The van der Waals surface area contributed by atoms with Gasteiger partial charge in [0.15, 0.2) is 10.8 Å². The van der Waals surface area contributed by atoms with E-state index >= 15 is 0 Å². The molecule has 156 valence electrons. The number of ether oxygens (including phenoxy) is 2. The second kappa shape index (κ2) is 8.53. The van der Waals surface area contributed by atoms with E-state index in [-0.39, 0.29) is 17.5 Å². The van der Waals surface area contributed by atoms with Crippen molar-refractivity contribution in [2.45, 2.75) is 13.8 Å². The monoisotopic (exact) mass is 433 g/mol. The van der Waals surface area contributed by atoms with Gasteiger partial charge < -0.3 is 9.47 Å². The van der Waals surface area contributed by atoms with Crippen LogP contribution >= 0.6 is 11.3 Å². The normalized spacial score (nSPS) is 14.4. The van der Waals surface area contributed by atoms with Crippen molar-refractivity contribution < 1.29 is 19.1 Å². The number of aromatic nitrogens is 1. The Bertz CT molecular complexity index is 1190. The van der Waals surface area contributed by atoms with Gasteiger partial charge in [-0.15, -0.1) is 11.3 Å². The molecule has 1 aromatic heterocycles. The van der Waals surface area contributed by atoms with Crippen molar-refractivity contribution >= 4 is 46.0 Å². The summed E-state index contributed by atoms with van der Waals surface area (Å²) in [4.78, 5) is 34.8. The van der Waals surface area contributed by atoms with E-state index in [0.29, 0.717) is 22.3 Å². The average Bonchev–Trinajstić information content (AvgIpc) is 3.36. The minimum atomic E-state index is -0.538. The SMILES string of the molecule is COc1ccc(N(C(C)=O)c2nc(/C=C3/N=C(c4ccc(C)cc4)OC3=O)cs2)cc1. The van der Waals surface area contributed by atoms with Crippen molar-refractivity contribution in [1.29, 1.82) is 0 Å². The molecule has 4 rings (SSSR count). The number of methoxy groups -OCH3 is 1. The number of anilines is 2. The molecule has 1 aliphatic rings. The van der Waals surface area contributed by atoms with Gasteiger partial charge in [0.25, 0.3) is 0 Å². The molecule has 8 heteroatoms. The zero-order valence-electron chi connectivity index (χ0n) is 17.2. The summed E-state index contributed by atoms with van der Waals surface area (Å²) in [6.45, 7) is 3.45. The number of rotatable bonds is 5. The van der Waals surface area contributed by atoms with Gasteiger partial charge in [-0.05, 0) is 49.4 Å². The molecule has 0 bridgehead atoms. The van der Waals surface area contributed by atoms with E-state index in [1.165, 1.54) is 23.2 Å². The van der Waals surface area contributed by atoms with Crippen LogP contribution in [-0.2, 0) is 14.3 Å². The molecule has 1 amide bonds. The summed E-state index contributed by atoms with van der Waals surface area (Å²) >= 11 is 1.29. The predicted octanol–water partition coefficient (Wildman–Crippen LogP) is 4.49. The van der Waals surface area contributed by atoms with Crippen molar-refractivity contribution in [2.24, 2.45) is 4.99 Å². The second-order valence-electron chi connectivity index (χ2n) is 6.81. The van der Waals surface area contributed by atoms with Crippen LogP contribution in [0.5, 0.6) is 5.75 Å². The van der Waals surface area contributed by atoms with E-state index in [1.54, 1.807) is 42.8 Å². The van der Waals surface area contributed by atoms with Crippen LogP contribution in [0.15, 0.2) is 64.6 Å². The summed E-state index contributed by atoms with van der Waals surface area (Å²) in [6.07, 6.45) is 1.55. The van der Waals surface area contributed by atoms with Crippen LogP contribution in [0, 0.1) is 6.92 Å². The lowest BCUT2D eigenvalue weighted by Crippen LogP contribution is -2.22. The molecule has 31 heavy (non-hydrogen) atoms. The number of aryl methyl sites for hydroxylation is 1. The highest BCUT2D eigenvalue weighted by Crippen LogP contribution is 2.31. The lowest BCUT2D eigenvalue weighted by atomic mass is 10.1. The molecule has 0 spiro atoms. The molecule has 2 aromatic carbocycles. The molecule has 0 aliphatic carbocycles. The number of thiazole rings is 1. The smallest absolute Gasteiger partial charge is 0.363 e. The van der Waals surface area contributed by atoms with Gasteiger partial charge in [-0.1, -0.05) is 17.7 Å². The van der Waals surface area contributed by atoms with Crippen LogP contribution in [0.2, 0.25) is 0 Å². The van der Waals surface area contributed by atoms with E-state index in [1.807, 2.05) is 31.2 Å². The van der Waals surface area contributed by atoms with E-state index in [4.69, 9.17) is 9.47 Å². The Morgan fingerprint density at radius 2 is 1.84 bits per heavy atom. The molecule has 0 fully saturated rings. The maximum atomic E-state index is 12.3. The summed E-state index contributed by atoms with van der Waals surface area (Å²) in [7, 11) is 1.58. The minimum absolute atomic E-state index is 0.159. The first-order valence-electron chi connectivity index (χ1n) is 9.44. The van der Waals surface area contributed by atoms with Crippen molar-refractivity contribution in [3.63, 3.8) is 0 Å². The first-order valence-corrected chi connectivity index (χ1v) is 10.3. The van der Waals surface area contributed by atoms with Crippen LogP contribution in [0.25, 0.3) is 6.08 Å². The number of aliphatic imine (C=N–C) groups is 1. The maximum Gasteiger partial charge on any atom is 0.363 e. The van der Waals surface area contributed by atoms with Crippen molar-refractivity contribution in [1.82, 2.24) is 4.98 Å². The Morgan fingerprint density at radius 1 is 1.13 bits per heavy atom. The van der Waals surface area contributed by atoms with E-state index in [9.17, 15) is 9.59 Å². The van der Waals surface area contributed by atoms with Crippen molar-refractivity contribution in [3.8, 4) is 5.75 Å². The van der Waals surface area contributed by atoms with Crippen LogP contribution in [-0.4, -0.2) is 29.9 Å². The molecule has 0 saturated heterocycles. The molecular formula is C23H19N3O4S. The van der Waals surface area contributed by atoms with E-state index in [0.717, 1.165) is 11.1 Å². The highest BCUT2D eigenvalue weighted by Gasteiger charge is 2.25. The van der Waals surface area contributed by atoms with E-state index < -0.39 is 5.97 Å². The molecule has 0 atom stereocenters. The maximum absolute atomic E-state index is 12.3. The van der Waals surface area contributed by atoms with Gasteiger partial charge in [0, 0.05) is 17.9 Å². The standard InChI is InChI=1S/C23H19N3O4S/c1-14-4-6-16(7-5-14)21-25-20(22(28)30-21)12-17-13-31-23(24-17)26(15(2)27)18-8-10-19(29-3)11-9-18/h4-13H,1-3H3/b20-12+. The molecular weight excluding hydrogens is 414 g/mol. The van der Waals surface area contributed by atoms with Crippen LogP contribution in [0.3, 0.4) is 0 Å². The zero-order chi connectivity index (χ0) is 22.0. The zero-order valence-corrected chi connectivity index (χ0v) is 18.0. The topological polar surface area (TPSA) is 81.1 Å². The highest BCUT2D eigenvalue weighted by atomic mass is 32.1. The van der Waals surface area contributed by atoms with E-state index in [2.05, 4.69) is 9.98 Å². The molecule has 0 N–H and O–H groups in total. The number of hydrogen-bond donors (Lipinski definition) is 0. The van der Waals surface area contributed by atoms with Crippen molar-refractivity contribution in [2.75, 3.05) is 12.0 Å². The number of amides is 1. The van der Waals surface area contributed by atoms with Gasteiger partial charge in [-0.25, -0.2) is 14.8 Å². The fourth-order valence-corrected chi connectivity index (χ4v) is 3.82. The summed E-state index contributed by atoms with van der Waals surface area (Å²) in [5.74, 6) is 0.233. The number of esters is 1. The van der Waals surface area contributed by atoms with Crippen LogP contribution in [0.1, 0.15) is 23.7 Å². The van der Waals surface area contributed by atoms with Gasteiger partial charge in [0.1, 0.15) is 5.75 Å². The van der Waals surface area contributed by atoms with Crippen LogP contribution < -0.4 is 9.64 Å². The Kier molecular flexibility index (Phi) is 5.64. The molecule has 7 nitrogen and oxygen atoms in total. The first kappa shape index (κ1) is 20.5. The number of nitrogens with zero attached hydrogens (tertiary/aromatic N) is 3. The number of carbonyl (C=O) groups is 2. The fraction of sp³-hybridized carbons (Fsp3) is 0.130. The minimum Gasteiger partial charge on any atom is -0.497 e. The highest BCUT2D eigenvalue weighted by molar-refractivity contribution is 7.14. The second-order valence-corrected chi connectivity index (χ2v) is 7.65. The predicted molar refractivity (Wildman–Crippen MR) is 120 cm³/mol. The Morgan fingerprint density at radius 3 is 2.48 bits per heavy atom. The molecule has 1 aliphatic heterocycles. The van der Waals surface area contributed by atoms with Gasteiger partial charge in [0.05, 0.1) is 18.5 Å². The quantitative estimate of drug-likeness (QED) is 0.437. The Hall–Kier alpha value is -3.78. The third-order valence-corrected chi connectivity index (χ3v) is 5.39. The lowest BCUT2D eigenvalue weighted by molar-refractivity contribution is -0.130. The molecule has 3 aromatic rings. The first-order chi connectivity index (χ1) is 14.9. The van der Waals surface area contributed by atoms with Gasteiger partial charge in [-0.3, -0.25) is 9.69 Å². The number of cyclic esters (lactones) is 1. The fourth-order valence-electron chi connectivity index (χ4n) is 2.97. The van der Waals surface area contributed by atoms with Gasteiger partial charge in [-0.2, -0.15) is 0 Å². The molecule has 0 unspecified atom stereocenters. The van der Waals surface area contributed by atoms with Gasteiger partial charge >= 0.3 is 5.97 Å². The number of benzene rings is 2. The summed E-state index contributed by atoms with van der Waals surface area (Å²) in [5, 5.41) is 2.24. The summed E-state index contributed by atoms with van der Waals surface area (Å²) in [6, 6.07) is 14.7. The Balaban J connectivity index is 1.61. The van der Waals surface area contributed by atoms with Crippen LogP contribution in [0.4, 0.5) is 10.8 Å². The Labute approximate surface area is 183 Å².